The molecule has 8 nitrogen and oxygen atoms in total. The Hall–Kier alpha value is -2.78. The first-order valence-electron chi connectivity index (χ1n) is 10.4. The van der Waals surface area contributed by atoms with Gasteiger partial charge in [-0.3, -0.25) is 4.79 Å². The Morgan fingerprint density at radius 3 is 2.32 bits per heavy atom. The Balaban J connectivity index is 1.79. The van der Waals surface area contributed by atoms with Crippen LogP contribution in [-0.2, 0) is 10.0 Å². The first kappa shape index (κ1) is 21.5. The molecule has 0 saturated carbocycles. The van der Waals surface area contributed by atoms with Gasteiger partial charge in [0.05, 0.1) is 10.6 Å². The van der Waals surface area contributed by atoms with Crippen LogP contribution in [0, 0.1) is 20.8 Å². The summed E-state index contributed by atoms with van der Waals surface area (Å²) in [6.45, 7) is 6.34. The van der Waals surface area contributed by atoms with Crippen molar-refractivity contribution in [2.75, 3.05) is 13.1 Å². The van der Waals surface area contributed by atoms with E-state index in [0.29, 0.717) is 47.1 Å². The number of aryl methyl sites for hydroxylation is 3. The summed E-state index contributed by atoms with van der Waals surface area (Å²) in [6.07, 6.45) is 3.86. The summed E-state index contributed by atoms with van der Waals surface area (Å²) in [5.74, 6) is 0.484. The lowest BCUT2D eigenvalue weighted by molar-refractivity contribution is 0.392. The van der Waals surface area contributed by atoms with Crippen molar-refractivity contribution in [3.63, 3.8) is 0 Å². The lowest BCUT2D eigenvalue weighted by Crippen LogP contribution is -2.32. The second-order valence-corrected chi connectivity index (χ2v) is 9.85. The largest absolute Gasteiger partial charge is 0.359 e. The van der Waals surface area contributed by atoms with Crippen molar-refractivity contribution in [3.05, 3.63) is 57.7 Å². The molecule has 1 aliphatic rings. The minimum atomic E-state index is -3.61. The quantitative estimate of drug-likeness (QED) is 0.614. The molecule has 0 atom stereocenters. The third-order valence-electron chi connectivity index (χ3n) is 5.67. The highest BCUT2D eigenvalue weighted by Crippen LogP contribution is 2.28. The highest BCUT2D eigenvalue weighted by atomic mass is 32.2. The lowest BCUT2D eigenvalue weighted by Gasteiger charge is -2.21. The maximum absolute atomic E-state index is 13.4. The van der Waals surface area contributed by atoms with Crippen molar-refractivity contribution < 1.29 is 12.9 Å². The molecule has 164 valence electrons. The van der Waals surface area contributed by atoms with Crippen LogP contribution in [0.15, 0.2) is 44.5 Å². The molecule has 0 N–H and O–H groups in total. The molecule has 4 rings (SSSR count). The van der Waals surface area contributed by atoms with Gasteiger partial charge in [0.1, 0.15) is 11.4 Å². The van der Waals surface area contributed by atoms with Gasteiger partial charge in [-0.15, -0.1) is 0 Å². The number of hydrogen-bond acceptors (Lipinski definition) is 6. The average Bonchev–Trinajstić information content (AvgIpc) is 2.94. The Kier molecular flexibility index (Phi) is 5.81. The molecule has 3 heterocycles. The van der Waals surface area contributed by atoms with Gasteiger partial charge in [0.2, 0.25) is 10.0 Å². The van der Waals surface area contributed by atoms with Crippen LogP contribution in [0.4, 0.5) is 0 Å². The predicted octanol–water partition coefficient (Wildman–Crippen LogP) is 3.38. The molecule has 0 amide bonds. The van der Waals surface area contributed by atoms with E-state index in [1.807, 2.05) is 6.07 Å². The van der Waals surface area contributed by atoms with Crippen LogP contribution in [0.2, 0.25) is 0 Å². The Morgan fingerprint density at radius 1 is 0.968 bits per heavy atom. The van der Waals surface area contributed by atoms with Gasteiger partial charge in [-0.2, -0.15) is 14.1 Å². The summed E-state index contributed by atoms with van der Waals surface area (Å²) in [4.78, 5) is 12.7. The van der Waals surface area contributed by atoms with E-state index < -0.39 is 10.0 Å². The first-order chi connectivity index (χ1) is 14.8. The molecule has 0 bridgehead atoms. The van der Waals surface area contributed by atoms with Crippen LogP contribution in [0.1, 0.15) is 42.7 Å². The molecule has 1 aliphatic heterocycles. The highest BCUT2D eigenvalue weighted by molar-refractivity contribution is 7.89. The molecule has 0 spiro atoms. The van der Waals surface area contributed by atoms with Gasteiger partial charge in [0.25, 0.3) is 5.56 Å². The Morgan fingerprint density at radius 2 is 1.68 bits per heavy atom. The van der Waals surface area contributed by atoms with E-state index in [2.05, 4.69) is 10.3 Å². The maximum atomic E-state index is 13.4. The number of sulfonamides is 1. The number of aromatic nitrogens is 3. The fourth-order valence-electron chi connectivity index (χ4n) is 3.96. The number of hydrogen-bond donors (Lipinski definition) is 0. The van der Waals surface area contributed by atoms with Gasteiger partial charge in [-0.05, 0) is 51.3 Å². The molecular formula is C22H26N4O4S. The SMILES string of the molecule is Cc1ccc(-c2ccc(=O)n(-c3c(C)noc3C)n2)cc1S(=O)(=O)N1CCCCCC1. The smallest absolute Gasteiger partial charge is 0.271 e. The van der Waals surface area contributed by atoms with Crippen molar-refractivity contribution >= 4 is 10.0 Å². The standard InChI is InChI=1S/C22H26N4O4S/c1-15-8-9-18(14-20(15)31(28,29)25-12-6-4-5-7-13-25)19-10-11-21(27)26(23-19)22-16(2)24-30-17(22)3/h8-11,14H,4-7,12-13H2,1-3H3. The molecule has 31 heavy (non-hydrogen) atoms. The van der Waals surface area contributed by atoms with Crippen molar-refractivity contribution in [2.45, 2.75) is 51.3 Å². The normalized spacial score (nSPS) is 15.7. The van der Waals surface area contributed by atoms with Crippen LogP contribution in [0.5, 0.6) is 0 Å². The third kappa shape index (κ3) is 4.07. The first-order valence-corrected chi connectivity index (χ1v) is 11.9. The molecule has 0 unspecified atom stereocenters. The van der Waals surface area contributed by atoms with Gasteiger partial charge in [-0.1, -0.05) is 30.1 Å². The van der Waals surface area contributed by atoms with E-state index in [1.165, 1.54) is 10.7 Å². The number of rotatable bonds is 4. The van der Waals surface area contributed by atoms with Crippen LogP contribution >= 0.6 is 0 Å². The summed E-state index contributed by atoms with van der Waals surface area (Å²) in [5.41, 5.74) is 2.54. The van der Waals surface area contributed by atoms with E-state index in [0.717, 1.165) is 25.7 Å². The molecule has 0 radical (unpaired) electrons. The Labute approximate surface area is 181 Å². The molecule has 0 aliphatic carbocycles. The van der Waals surface area contributed by atoms with E-state index in [1.54, 1.807) is 43.3 Å². The van der Waals surface area contributed by atoms with E-state index >= 15 is 0 Å². The summed E-state index contributed by atoms with van der Waals surface area (Å²) in [6, 6.07) is 8.27. The number of nitrogens with zero attached hydrogens (tertiary/aromatic N) is 4. The predicted molar refractivity (Wildman–Crippen MR) is 117 cm³/mol. The summed E-state index contributed by atoms with van der Waals surface area (Å²) in [7, 11) is -3.61. The molecule has 1 fully saturated rings. The van der Waals surface area contributed by atoms with Crippen LogP contribution in [0.3, 0.4) is 0 Å². The summed E-state index contributed by atoms with van der Waals surface area (Å²) >= 11 is 0. The fraction of sp³-hybridized carbons (Fsp3) is 0.409. The monoisotopic (exact) mass is 442 g/mol. The zero-order valence-corrected chi connectivity index (χ0v) is 18.8. The molecule has 2 aromatic heterocycles. The second-order valence-electron chi connectivity index (χ2n) is 7.94. The minimum Gasteiger partial charge on any atom is -0.359 e. The average molecular weight is 443 g/mol. The molecule has 3 aromatic rings. The highest BCUT2D eigenvalue weighted by Gasteiger charge is 2.27. The molecular weight excluding hydrogens is 416 g/mol. The lowest BCUT2D eigenvalue weighted by atomic mass is 10.1. The van der Waals surface area contributed by atoms with Crippen LogP contribution in [-0.4, -0.2) is 40.7 Å². The van der Waals surface area contributed by atoms with E-state index in [9.17, 15) is 13.2 Å². The van der Waals surface area contributed by atoms with Crippen LogP contribution < -0.4 is 5.56 Å². The third-order valence-corrected chi connectivity index (χ3v) is 7.72. The zero-order chi connectivity index (χ0) is 22.2. The molecule has 9 heteroatoms. The van der Waals surface area contributed by atoms with Crippen molar-refractivity contribution in [1.82, 2.24) is 19.2 Å². The van der Waals surface area contributed by atoms with E-state index in [4.69, 9.17) is 4.52 Å². The van der Waals surface area contributed by atoms with Crippen molar-refractivity contribution in [1.29, 1.82) is 0 Å². The minimum absolute atomic E-state index is 0.281. The zero-order valence-electron chi connectivity index (χ0n) is 18.0. The van der Waals surface area contributed by atoms with Crippen LogP contribution in [0.25, 0.3) is 16.9 Å². The van der Waals surface area contributed by atoms with Gasteiger partial charge < -0.3 is 4.52 Å². The van der Waals surface area contributed by atoms with Gasteiger partial charge in [0.15, 0.2) is 5.76 Å². The fourth-order valence-corrected chi connectivity index (χ4v) is 5.73. The van der Waals surface area contributed by atoms with Gasteiger partial charge in [0, 0.05) is 24.7 Å². The van der Waals surface area contributed by atoms with Gasteiger partial charge in [-0.25, -0.2) is 8.42 Å². The molecule has 1 aromatic carbocycles. The maximum Gasteiger partial charge on any atom is 0.271 e. The Bertz CT molecular complexity index is 1250. The topological polar surface area (TPSA) is 98.3 Å². The summed E-state index contributed by atoms with van der Waals surface area (Å²) < 4.78 is 34.8. The van der Waals surface area contributed by atoms with Crippen molar-refractivity contribution in [3.8, 4) is 16.9 Å². The summed E-state index contributed by atoms with van der Waals surface area (Å²) in [5, 5.41) is 8.38. The number of benzene rings is 1. The second kappa shape index (κ2) is 8.39. The van der Waals surface area contributed by atoms with Crippen molar-refractivity contribution in [2.24, 2.45) is 0 Å². The van der Waals surface area contributed by atoms with Gasteiger partial charge >= 0.3 is 0 Å². The molecule has 1 saturated heterocycles. The van der Waals surface area contributed by atoms with E-state index in [-0.39, 0.29) is 10.5 Å².